The van der Waals surface area contributed by atoms with E-state index in [2.05, 4.69) is 34.6 Å². The van der Waals surface area contributed by atoms with Crippen LogP contribution in [0, 0.1) is 0 Å². The SMILES string of the molecule is CCC(Sc1nnnn1C)C(N)c1ccccc1. The minimum Gasteiger partial charge on any atom is -0.323 e. The molecule has 0 amide bonds. The molecule has 0 bridgehead atoms. The largest absolute Gasteiger partial charge is 0.323 e. The van der Waals surface area contributed by atoms with Crippen molar-refractivity contribution in [2.75, 3.05) is 0 Å². The lowest BCUT2D eigenvalue weighted by molar-refractivity contribution is 0.637. The van der Waals surface area contributed by atoms with E-state index in [4.69, 9.17) is 5.73 Å². The van der Waals surface area contributed by atoms with Gasteiger partial charge in [0.25, 0.3) is 0 Å². The molecule has 18 heavy (non-hydrogen) atoms. The molecule has 1 aromatic carbocycles. The molecule has 5 nitrogen and oxygen atoms in total. The van der Waals surface area contributed by atoms with Gasteiger partial charge in [0.2, 0.25) is 5.16 Å². The molecule has 0 aliphatic rings. The average molecular weight is 263 g/mol. The highest BCUT2D eigenvalue weighted by Gasteiger charge is 2.21. The van der Waals surface area contributed by atoms with Gasteiger partial charge in [-0.1, -0.05) is 49.0 Å². The number of benzene rings is 1. The molecule has 2 unspecified atom stereocenters. The molecule has 2 atom stereocenters. The number of thioether (sulfide) groups is 1. The number of nitrogens with two attached hydrogens (primary N) is 1. The number of nitrogens with zero attached hydrogens (tertiary/aromatic N) is 4. The average Bonchev–Trinajstić information content (AvgIpc) is 2.81. The van der Waals surface area contributed by atoms with E-state index < -0.39 is 0 Å². The van der Waals surface area contributed by atoms with Crippen LogP contribution in [0.25, 0.3) is 0 Å². The number of hydrogen-bond donors (Lipinski definition) is 1. The van der Waals surface area contributed by atoms with Gasteiger partial charge in [-0.25, -0.2) is 4.68 Å². The maximum atomic E-state index is 6.32. The topological polar surface area (TPSA) is 69.6 Å². The van der Waals surface area contributed by atoms with Crippen LogP contribution >= 0.6 is 11.8 Å². The van der Waals surface area contributed by atoms with Gasteiger partial charge in [-0.15, -0.1) is 5.10 Å². The van der Waals surface area contributed by atoms with Gasteiger partial charge in [0.15, 0.2) is 0 Å². The van der Waals surface area contributed by atoms with E-state index in [0.717, 1.165) is 17.1 Å². The summed E-state index contributed by atoms with van der Waals surface area (Å²) in [6.45, 7) is 2.13. The lowest BCUT2D eigenvalue weighted by Gasteiger charge is -2.21. The second-order valence-corrected chi connectivity index (χ2v) is 5.29. The van der Waals surface area contributed by atoms with Crippen LogP contribution in [0.15, 0.2) is 35.5 Å². The molecule has 0 saturated heterocycles. The summed E-state index contributed by atoms with van der Waals surface area (Å²) in [5.74, 6) is 0. The molecule has 2 N–H and O–H groups in total. The Bertz CT molecular complexity index is 484. The Morgan fingerprint density at radius 2 is 2.06 bits per heavy atom. The van der Waals surface area contributed by atoms with E-state index in [-0.39, 0.29) is 11.3 Å². The summed E-state index contributed by atoms with van der Waals surface area (Å²) in [6, 6.07) is 10.1. The van der Waals surface area contributed by atoms with Crippen molar-refractivity contribution in [3.05, 3.63) is 35.9 Å². The molecule has 1 aromatic heterocycles. The second kappa shape index (κ2) is 5.97. The number of aryl methyl sites for hydroxylation is 1. The van der Waals surface area contributed by atoms with Crippen LogP contribution in [0.1, 0.15) is 24.9 Å². The van der Waals surface area contributed by atoms with Gasteiger partial charge < -0.3 is 5.73 Å². The van der Waals surface area contributed by atoms with Gasteiger partial charge in [0, 0.05) is 18.3 Å². The zero-order valence-electron chi connectivity index (χ0n) is 10.5. The summed E-state index contributed by atoms with van der Waals surface area (Å²) in [5, 5.41) is 12.5. The van der Waals surface area contributed by atoms with Gasteiger partial charge in [-0.2, -0.15) is 0 Å². The summed E-state index contributed by atoms with van der Waals surface area (Å²) in [7, 11) is 1.84. The van der Waals surface area contributed by atoms with Crippen molar-refractivity contribution in [2.24, 2.45) is 12.8 Å². The van der Waals surface area contributed by atoms with Crippen molar-refractivity contribution in [1.82, 2.24) is 20.2 Å². The number of aromatic nitrogens is 4. The third-order valence-corrected chi connectivity index (χ3v) is 4.31. The lowest BCUT2D eigenvalue weighted by atomic mass is 10.0. The Morgan fingerprint density at radius 1 is 1.33 bits per heavy atom. The van der Waals surface area contributed by atoms with E-state index in [9.17, 15) is 0 Å². The Kier molecular flexibility index (Phi) is 4.33. The Balaban J connectivity index is 2.12. The first-order valence-electron chi connectivity index (χ1n) is 5.92. The van der Waals surface area contributed by atoms with Gasteiger partial charge in [-0.05, 0) is 22.4 Å². The van der Waals surface area contributed by atoms with Gasteiger partial charge in [0.05, 0.1) is 0 Å². The number of rotatable bonds is 5. The summed E-state index contributed by atoms with van der Waals surface area (Å²) < 4.78 is 1.67. The maximum Gasteiger partial charge on any atom is 0.209 e. The first kappa shape index (κ1) is 13.0. The van der Waals surface area contributed by atoms with Crippen LogP contribution in [0.5, 0.6) is 0 Å². The molecular formula is C12H17N5S. The predicted octanol–water partition coefficient (Wildman–Crippen LogP) is 1.78. The van der Waals surface area contributed by atoms with Crippen molar-refractivity contribution in [3.8, 4) is 0 Å². The zero-order chi connectivity index (χ0) is 13.0. The van der Waals surface area contributed by atoms with Crippen LogP contribution in [0.4, 0.5) is 0 Å². The molecule has 0 aliphatic heterocycles. The minimum atomic E-state index is -0.0158. The zero-order valence-corrected chi connectivity index (χ0v) is 11.3. The Morgan fingerprint density at radius 3 is 2.61 bits per heavy atom. The van der Waals surface area contributed by atoms with Crippen LogP contribution < -0.4 is 5.73 Å². The Labute approximate surface area is 111 Å². The summed E-state index contributed by atoms with van der Waals surface area (Å²) >= 11 is 1.63. The lowest BCUT2D eigenvalue weighted by Crippen LogP contribution is -2.23. The molecule has 0 saturated carbocycles. The van der Waals surface area contributed by atoms with Crippen molar-refractivity contribution < 1.29 is 0 Å². The second-order valence-electron chi connectivity index (χ2n) is 4.09. The highest BCUT2D eigenvalue weighted by Crippen LogP contribution is 2.31. The van der Waals surface area contributed by atoms with Crippen molar-refractivity contribution in [1.29, 1.82) is 0 Å². The Hall–Kier alpha value is -1.40. The third kappa shape index (κ3) is 2.88. The molecule has 0 spiro atoms. The first-order chi connectivity index (χ1) is 8.72. The van der Waals surface area contributed by atoms with Crippen LogP contribution in [0.2, 0.25) is 0 Å². The molecule has 1 heterocycles. The van der Waals surface area contributed by atoms with E-state index in [1.54, 1.807) is 16.4 Å². The number of hydrogen-bond acceptors (Lipinski definition) is 5. The highest BCUT2D eigenvalue weighted by molar-refractivity contribution is 7.99. The van der Waals surface area contributed by atoms with E-state index >= 15 is 0 Å². The van der Waals surface area contributed by atoms with Gasteiger partial charge in [0.1, 0.15) is 0 Å². The van der Waals surface area contributed by atoms with E-state index in [1.165, 1.54) is 0 Å². The maximum absolute atomic E-state index is 6.32. The van der Waals surface area contributed by atoms with E-state index in [1.807, 2.05) is 25.2 Å². The first-order valence-corrected chi connectivity index (χ1v) is 6.80. The summed E-state index contributed by atoms with van der Waals surface area (Å²) in [5.41, 5.74) is 7.46. The van der Waals surface area contributed by atoms with E-state index in [0.29, 0.717) is 0 Å². The fraction of sp³-hybridized carbons (Fsp3) is 0.417. The molecule has 6 heteroatoms. The standard InChI is InChI=1S/C12H17N5S/c1-3-10(18-12-14-15-16-17(12)2)11(13)9-7-5-4-6-8-9/h4-8,10-11H,3,13H2,1-2H3. The monoisotopic (exact) mass is 263 g/mol. The fourth-order valence-corrected chi connectivity index (χ4v) is 2.77. The van der Waals surface area contributed by atoms with Crippen LogP contribution in [0.3, 0.4) is 0 Å². The third-order valence-electron chi connectivity index (χ3n) is 2.83. The quantitative estimate of drug-likeness (QED) is 0.833. The summed E-state index contributed by atoms with van der Waals surface area (Å²) in [4.78, 5) is 0. The van der Waals surface area contributed by atoms with Crippen molar-refractivity contribution >= 4 is 11.8 Å². The van der Waals surface area contributed by atoms with Gasteiger partial charge >= 0.3 is 0 Å². The molecule has 96 valence electrons. The van der Waals surface area contributed by atoms with Crippen molar-refractivity contribution in [2.45, 2.75) is 29.8 Å². The molecule has 0 aliphatic carbocycles. The minimum absolute atomic E-state index is 0.0158. The molecule has 0 radical (unpaired) electrons. The summed E-state index contributed by atoms with van der Waals surface area (Å²) in [6.07, 6.45) is 0.966. The van der Waals surface area contributed by atoms with Gasteiger partial charge in [-0.3, -0.25) is 0 Å². The van der Waals surface area contributed by atoms with Crippen LogP contribution in [-0.2, 0) is 7.05 Å². The van der Waals surface area contributed by atoms with Crippen LogP contribution in [-0.4, -0.2) is 25.5 Å². The highest BCUT2D eigenvalue weighted by atomic mass is 32.2. The number of tetrazole rings is 1. The normalized spacial score (nSPS) is 14.4. The fourth-order valence-electron chi connectivity index (χ4n) is 1.76. The molecule has 0 fully saturated rings. The molecule has 2 rings (SSSR count). The smallest absolute Gasteiger partial charge is 0.209 e. The van der Waals surface area contributed by atoms with Crippen molar-refractivity contribution in [3.63, 3.8) is 0 Å². The molecule has 2 aromatic rings. The predicted molar refractivity (Wildman–Crippen MR) is 72.1 cm³/mol. The molecular weight excluding hydrogens is 246 g/mol.